The van der Waals surface area contributed by atoms with Crippen LogP contribution in [0.15, 0.2) is 71.5 Å². The van der Waals surface area contributed by atoms with Crippen molar-refractivity contribution in [3.05, 3.63) is 71.9 Å². The molecule has 1 aliphatic heterocycles. The van der Waals surface area contributed by atoms with Gasteiger partial charge in [-0.2, -0.15) is 15.6 Å². The number of rotatable bonds is 5. The minimum atomic E-state index is -0.774. The van der Waals surface area contributed by atoms with Crippen LogP contribution in [0.25, 0.3) is 17.0 Å². The number of ether oxygens (including phenoxy) is 1. The van der Waals surface area contributed by atoms with Crippen LogP contribution in [0.1, 0.15) is 5.56 Å². The Labute approximate surface area is 185 Å². The topological polar surface area (TPSA) is 120 Å². The first-order valence-electron chi connectivity index (χ1n) is 9.92. The second-order valence-corrected chi connectivity index (χ2v) is 7.24. The summed E-state index contributed by atoms with van der Waals surface area (Å²) in [6.07, 6.45) is 2.75. The number of hydrazone groups is 1. The third kappa shape index (κ3) is 3.71. The Morgan fingerprint density at radius 3 is 2.59 bits per heavy atom. The standard InChI is InChI=1S/C24H20N6O2/c1-32-22(31)15-29-14-17(19-9-5-6-10-21(19)29)11-16(12-25)23-20(13-26)24(27)30(28-23)18-7-3-2-4-8-18/h2-11,14,20,24H,15,27H2,1H3/b16-11-/t20-,24-/m1/s1. The fraction of sp³-hybridized carbons (Fsp3) is 0.167. The number of nitriles is 2. The fourth-order valence-corrected chi connectivity index (χ4v) is 3.76. The Kier molecular flexibility index (Phi) is 5.71. The number of allylic oxidation sites excluding steroid dienone is 1. The highest BCUT2D eigenvalue weighted by Gasteiger charge is 2.37. The molecular weight excluding hydrogens is 404 g/mol. The lowest BCUT2D eigenvalue weighted by atomic mass is 9.95. The van der Waals surface area contributed by atoms with Crippen LogP contribution < -0.4 is 10.7 Å². The van der Waals surface area contributed by atoms with Crippen molar-refractivity contribution < 1.29 is 9.53 Å². The summed E-state index contributed by atoms with van der Waals surface area (Å²) in [7, 11) is 1.34. The van der Waals surface area contributed by atoms with E-state index in [4.69, 9.17) is 10.5 Å². The highest BCUT2D eigenvalue weighted by molar-refractivity contribution is 6.12. The maximum Gasteiger partial charge on any atom is 0.325 e. The number of carbonyl (C=O) groups is 1. The van der Waals surface area contributed by atoms with Crippen molar-refractivity contribution in [1.82, 2.24) is 4.57 Å². The number of aromatic nitrogens is 1. The lowest BCUT2D eigenvalue weighted by molar-refractivity contribution is -0.141. The van der Waals surface area contributed by atoms with E-state index in [-0.39, 0.29) is 18.1 Å². The molecule has 3 aromatic rings. The van der Waals surface area contributed by atoms with E-state index in [1.165, 1.54) is 7.11 Å². The summed E-state index contributed by atoms with van der Waals surface area (Å²) in [6, 6.07) is 21.2. The number of methoxy groups -OCH3 is 1. The zero-order chi connectivity index (χ0) is 22.7. The van der Waals surface area contributed by atoms with E-state index in [9.17, 15) is 15.3 Å². The molecule has 8 heteroatoms. The first-order valence-corrected chi connectivity index (χ1v) is 9.92. The van der Waals surface area contributed by atoms with Gasteiger partial charge in [-0.1, -0.05) is 36.4 Å². The van der Waals surface area contributed by atoms with Gasteiger partial charge in [-0.3, -0.25) is 4.79 Å². The SMILES string of the molecule is COC(=O)Cn1cc(/C=C(/C#N)C2=NN(c3ccccc3)[C@@H](N)[C@@H]2C#N)c2ccccc21. The zero-order valence-corrected chi connectivity index (χ0v) is 17.3. The molecule has 8 nitrogen and oxygen atoms in total. The molecule has 0 spiro atoms. The van der Waals surface area contributed by atoms with Crippen molar-refractivity contribution in [3.63, 3.8) is 0 Å². The summed E-state index contributed by atoms with van der Waals surface area (Å²) in [5, 5.41) is 26.6. The average molecular weight is 424 g/mol. The molecule has 0 bridgehead atoms. The van der Waals surface area contributed by atoms with Gasteiger partial charge in [-0.05, 0) is 24.3 Å². The van der Waals surface area contributed by atoms with Gasteiger partial charge in [0.1, 0.15) is 24.7 Å². The molecule has 0 radical (unpaired) electrons. The van der Waals surface area contributed by atoms with Crippen molar-refractivity contribution in [2.75, 3.05) is 12.1 Å². The van der Waals surface area contributed by atoms with E-state index in [1.807, 2.05) is 54.6 Å². The van der Waals surface area contributed by atoms with Crippen LogP contribution in [0.5, 0.6) is 0 Å². The summed E-state index contributed by atoms with van der Waals surface area (Å²) in [6.45, 7) is 0.0428. The molecule has 0 amide bonds. The number of carbonyl (C=O) groups excluding carboxylic acids is 1. The molecule has 0 unspecified atom stereocenters. The first-order chi connectivity index (χ1) is 15.6. The van der Waals surface area contributed by atoms with Crippen molar-refractivity contribution in [2.24, 2.45) is 16.8 Å². The molecule has 0 saturated carbocycles. The van der Waals surface area contributed by atoms with Gasteiger partial charge in [-0.25, -0.2) is 5.01 Å². The van der Waals surface area contributed by atoms with Crippen molar-refractivity contribution >= 4 is 34.3 Å². The van der Waals surface area contributed by atoms with Crippen LogP contribution >= 0.6 is 0 Å². The second kappa shape index (κ2) is 8.76. The van der Waals surface area contributed by atoms with Crippen LogP contribution in [-0.2, 0) is 16.1 Å². The molecule has 2 aromatic carbocycles. The van der Waals surface area contributed by atoms with Gasteiger partial charge in [0.15, 0.2) is 0 Å². The molecule has 2 atom stereocenters. The Morgan fingerprint density at radius 1 is 1.19 bits per heavy atom. The minimum absolute atomic E-state index is 0.0428. The molecule has 2 heterocycles. The predicted molar refractivity (Wildman–Crippen MR) is 121 cm³/mol. The van der Waals surface area contributed by atoms with E-state index in [1.54, 1.807) is 21.8 Å². The van der Waals surface area contributed by atoms with Gasteiger partial charge >= 0.3 is 5.97 Å². The van der Waals surface area contributed by atoms with E-state index in [0.717, 1.165) is 22.2 Å². The quantitative estimate of drug-likeness (QED) is 0.496. The van der Waals surface area contributed by atoms with Crippen molar-refractivity contribution in [1.29, 1.82) is 10.5 Å². The second-order valence-electron chi connectivity index (χ2n) is 7.24. The third-order valence-electron chi connectivity index (χ3n) is 5.34. The molecular formula is C24H20N6O2. The number of fused-ring (bicyclic) bond motifs is 1. The van der Waals surface area contributed by atoms with Crippen LogP contribution in [0.2, 0.25) is 0 Å². The molecule has 2 N–H and O–H groups in total. The van der Waals surface area contributed by atoms with Gasteiger partial charge in [0.2, 0.25) is 0 Å². The fourth-order valence-electron chi connectivity index (χ4n) is 3.76. The summed E-state index contributed by atoms with van der Waals surface area (Å²) in [5.41, 5.74) is 9.16. The van der Waals surface area contributed by atoms with Gasteiger partial charge in [0.05, 0.1) is 30.2 Å². The highest BCUT2D eigenvalue weighted by Crippen LogP contribution is 2.30. The normalized spacial score (nSPS) is 18.2. The van der Waals surface area contributed by atoms with Gasteiger partial charge < -0.3 is 15.0 Å². The molecule has 0 saturated heterocycles. The lowest BCUT2D eigenvalue weighted by Crippen LogP contribution is -2.40. The Hall–Kier alpha value is -4.40. The largest absolute Gasteiger partial charge is 0.468 e. The summed E-state index contributed by atoms with van der Waals surface area (Å²) in [5.74, 6) is -1.15. The molecule has 158 valence electrons. The molecule has 32 heavy (non-hydrogen) atoms. The van der Waals surface area contributed by atoms with Gasteiger partial charge in [-0.15, -0.1) is 0 Å². The van der Waals surface area contributed by atoms with Crippen molar-refractivity contribution in [3.8, 4) is 12.1 Å². The van der Waals surface area contributed by atoms with Crippen LogP contribution in [0.4, 0.5) is 5.69 Å². The average Bonchev–Trinajstić information content (AvgIpc) is 3.35. The van der Waals surface area contributed by atoms with Gasteiger partial charge in [0.25, 0.3) is 0 Å². The molecule has 4 rings (SSSR count). The molecule has 0 fully saturated rings. The van der Waals surface area contributed by atoms with Crippen molar-refractivity contribution in [2.45, 2.75) is 12.7 Å². The summed E-state index contributed by atoms with van der Waals surface area (Å²) in [4.78, 5) is 11.8. The number of nitrogens with zero attached hydrogens (tertiary/aromatic N) is 5. The molecule has 1 aromatic heterocycles. The number of benzene rings is 2. The van der Waals surface area contributed by atoms with Crippen LogP contribution in [0.3, 0.4) is 0 Å². The zero-order valence-electron chi connectivity index (χ0n) is 17.3. The van der Waals surface area contributed by atoms with Gasteiger partial charge in [0, 0.05) is 22.7 Å². The van der Waals surface area contributed by atoms with E-state index in [0.29, 0.717) is 5.71 Å². The monoisotopic (exact) mass is 424 g/mol. The summed E-state index contributed by atoms with van der Waals surface area (Å²) >= 11 is 0. The highest BCUT2D eigenvalue weighted by atomic mass is 16.5. The Bertz CT molecular complexity index is 1310. The van der Waals surface area contributed by atoms with Crippen LogP contribution in [0, 0.1) is 28.6 Å². The summed E-state index contributed by atoms with van der Waals surface area (Å²) < 4.78 is 6.55. The van der Waals surface area contributed by atoms with Crippen LogP contribution in [-0.4, -0.2) is 29.5 Å². The Morgan fingerprint density at radius 2 is 1.91 bits per heavy atom. The number of para-hydroxylation sites is 2. The first kappa shape index (κ1) is 20.9. The van der Waals surface area contributed by atoms with E-state index >= 15 is 0 Å². The molecule has 1 aliphatic rings. The molecule has 0 aliphatic carbocycles. The smallest absolute Gasteiger partial charge is 0.325 e. The van der Waals surface area contributed by atoms with E-state index < -0.39 is 12.1 Å². The predicted octanol–water partition coefficient (Wildman–Crippen LogP) is 3.02. The minimum Gasteiger partial charge on any atom is -0.468 e. The maximum absolute atomic E-state index is 11.8. The van der Waals surface area contributed by atoms with E-state index in [2.05, 4.69) is 17.2 Å². The maximum atomic E-state index is 11.8. The Balaban J connectivity index is 1.79. The number of anilines is 1. The lowest BCUT2D eigenvalue weighted by Gasteiger charge is -2.21. The third-order valence-corrected chi connectivity index (χ3v) is 5.34. The number of hydrogen-bond donors (Lipinski definition) is 1. The number of esters is 1. The number of hydrogen-bond acceptors (Lipinski definition) is 7. The number of nitrogens with two attached hydrogens (primary N) is 1.